The van der Waals surface area contributed by atoms with Gasteiger partial charge in [0.15, 0.2) is 0 Å². The lowest BCUT2D eigenvalue weighted by molar-refractivity contribution is 0.102. The van der Waals surface area contributed by atoms with Gasteiger partial charge in [0.1, 0.15) is 23.0 Å². The second kappa shape index (κ2) is 4.89. The Labute approximate surface area is 107 Å². The summed E-state index contributed by atoms with van der Waals surface area (Å²) in [5, 5.41) is 12.0. The van der Waals surface area contributed by atoms with Crippen LogP contribution in [0.15, 0.2) is 30.6 Å². The van der Waals surface area contributed by atoms with Crippen LogP contribution in [-0.2, 0) is 0 Å². The topological polar surface area (TPSA) is 101 Å². The molecular weight excluding hydrogens is 256 g/mol. The summed E-state index contributed by atoms with van der Waals surface area (Å²) in [6.45, 7) is 0. The maximum absolute atomic E-state index is 11.9. The van der Waals surface area contributed by atoms with Gasteiger partial charge in [0, 0.05) is 11.8 Å². The summed E-state index contributed by atoms with van der Waals surface area (Å²) in [5.74, 6) is -0.282. The van der Waals surface area contributed by atoms with Crippen molar-refractivity contribution in [3.05, 3.63) is 41.3 Å². The van der Waals surface area contributed by atoms with Crippen LogP contribution in [0.25, 0.3) is 0 Å². The van der Waals surface area contributed by atoms with Crippen LogP contribution in [0.1, 0.15) is 10.4 Å². The van der Waals surface area contributed by atoms with Gasteiger partial charge in [-0.25, -0.2) is 9.97 Å². The Balaban J connectivity index is 2.24. The van der Waals surface area contributed by atoms with Crippen LogP contribution < -0.4 is 11.1 Å². The van der Waals surface area contributed by atoms with E-state index in [9.17, 15) is 9.90 Å². The summed E-state index contributed by atoms with van der Waals surface area (Å²) in [6, 6.07) is 5.51. The van der Waals surface area contributed by atoms with Crippen LogP contribution in [0.2, 0.25) is 5.15 Å². The van der Waals surface area contributed by atoms with E-state index in [2.05, 4.69) is 15.3 Å². The Morgan fingerprint density at radius 3 is 2.83 bits per heavy atom. The number of carbonyl (C=O) groups excluding carboxylic acids is 1. The van der Waals surface area contributed by atoms with Gasteiger partial charge in [0.2, 0.25) is 0 Å². The highest BCUT2D eigenvalue weighted by Crippen LogP contribution is 2.19. The summed E-state index contributed by atoms with van der Waals surface area (Å²) in [5.41, 5.74) is 6.06. The number of aromatic hydroxyl groups is 1. The van der Waals surface area contributed by atoms with Crippen molar-refractivity contribution >= 4 is 29.0 Å². The zero-order valence-electron chi connectivity index (χ0n) is 9.09. The van der Waals surface area contributed by atoms with Crippen molar-refractivity contribution in [3.8, 4) is 5.75 Å². The molecule has 18 heavy (non-hydrogen) atoms. The lowest BCUT2D eigenvalue weighted by Gasteiger charge is -2.07. The largest absolute Gasteiger partial charge is 0.508 e. The zero-order chi connectivity index (χ0) is 13.1. The fraction of sp³-hybridized carbons (Fsp3) is 0. The number of aromatic nitrogens is 2. The molecule has 1 aromatic heterocycles. The summed E-state index contributed by atoms with van der Waals surface area (Å²) in [6.07, 6.45) is 1.23. The molecule has 1 aromatic carbocycles. The molecule has 1 amide bonds. The molecule has 92 valence electrons. The summed E-state index contributed by atoms with van der Waals surface area (Å²) in [4.78, 5) is 19.4. The molecule has 0 aliphatic rings. The number of nitrogens with two attached hydrogens (primary N) is 1. The van der Waals surface area contributed by atoms with Crippen LogP contribution >= 0.6 is 11.6 Å². The zero-order valence-corrected chi connectivity index (χ0v) is 9.85. The van der Waals surface area contributed by atoms with Crippen molar-refractivity contribution in [3.63, 3.8) is 0 Å². The van der Waals surface area contributed by atoms with E-state index < -0.39 is 5.91 Å². The number of anilines is 2. The third-order valence-corrected chi connectivity index (χ3v) is 2.36. The summed E-state index contributed by atoms with van der Waals surface area (Å²) >= 11 is 5.66. The molecule has 0 spiro atoms. The van der Waals surface area contributed by atoms with E-state index in [0.29, 0.717) is 0 Å². The Morgan fingerprint density at radius 2 is 2.11 bits per heavy atom. The lowest BCUT2D eigenvalue weighted by Crippen LogP contribution is -2.14. The van der Waals surface area contributed by atoms with Gasteiger partial charge in [-0.3, -0.25) is 4.79 Å². The molecule has 2 rings (SSSR count). The number of halogens is 1. The molecule has 0 saturated carbocycles. The molecule has 0 atom stereocenters. The molecule has 0 aliphatic heterocycles. The number of nitrogens with zero attached hydrogens (tertiary/aromatic N) is 2. The molecule has 7 heteroatoms. The van der Waals surface area contributed by atoms with Crippen molar-refractivity contribution in [1.82, 2.24) is 9.97 Å². The third kappa shape index (κ3) is 2.67. The van der Waals surface area contributed by atoms with Gasteiger partial charge in [-0.2, -0.15) is 0 Å². The first-order chi connectivity index (χ1) is 8.56. The Hall–Kier alpha value is -2.34. The minimum absolute atomic E-state index is 0.0462. The van der Waals surface area contributed by atoms with Crippen LogP contribution in [0, 0.1) is 0 Å². The van der Waals surface area contributed by atoms with Gasteiger partial charge >= 0.3 is 0 Å². The van der Waals surface area contributed by atoms with Gasteiger partial charge in [0.25, 0.3) is 5.91 Å². The number of rotatable bonds is 2. The highest BCUT2D eigenvalue weighted by Gasteiger charge is 2.11. The van der Waals surface area contributed by atoms with E-state index in [1.165, 1.54) is 30.6 Å². The van der Waals surface area contributed by atoms with E-state index in [4.69, 9.17) is 17.3 Å². The Morgan fingerprint density at radius 1 is 1.33 bits per heavy atom. The second-order valence-electron chi connectivity index (χ2n) is 3.45. The first-order valence-electron chi connectivity index (χ1n) is 4.93. The van der Waals surface area contributed by atoms with E-state index in [-0.39, 0.29) is 28.0 Å². The van der Waals surface area contributed by atoms with Crippen LogP contribution in [0.5, 0.6) is 5.75 Å². The molecular formula is C11H9ClN4O2. The standard InChI is InChI=1S/C11H9ClN4O2/c12-9-4-10(15-5-14-9)16-11(18)7-3-6(17)1-2-8(7)13/h1-5,17H,13H2,(H,14,15,16,18). The average molecular weight is 265 g/mol. The fourth-order valence-electron chi connectivity index (χ4n) is 1.33. The Kier molecular flexibility index (Phi) is 3.29. The number of carbonyl (C=O) groups is 1. The number of amides is 1. The number of nitrogens with one attached hydrogen (secondary N) is 1. The second-order valence-corrected chi connectivity index (χ2v) is 3.84. The minimum Gasteiger partial charge on any atom is -0.508 e. The SMILES string of the molecule is Nc1ccc(O)cc1C(=O)Nc1cc(Cl)ncn1. The predicted octanol–water partition coefficient (Wildman–Crippen LogP) is 1.67. The predicted molar refractivity (Wildman–Crippen MR) is 67.5 cm³/mol. The average Bonchev–Trinajstić information content (AvgIpc) is 2.32. The number of phenolic OH excluding ortho intramolecular Hbond substituents is 1. The number of hydrogen-bond donors (Lipinski definition) is 3. The molecule has 0 bridgehead atoms. The number of phenols is 1. The minimum atomic E-state index is -0.488. The maximum atomic E-state index is 11.9. The molecule has 0 radical (unpaired) electrons. The highest BCUT2D eigenvalue weighted by molar-refractivity contribution is 6.29. The summed E-state index contributed by atoms with van der Waals surface area (Å²) < 4.78 is 0. The molecule has 0 saturated heterocycles. The summed E-state index contributed by atoms with van der Waals surface area (Å²) in [7, 11) is 0. The third-order valence-electron chi connectivity index (χ3n) is 2.16. The van der Waals surface area contributed by atoms with Crippen LogP contribution in [0.3, 0.4) is 0 Å². The molecule has 6 nitrogen and oxygen atoms in total. The molecule has 0 aliphatic carbocycles. The smallest absolute Gasteiger partial charge is 0.259 e. The van der Waals surface area contributed by atoms with Crippen molar-refractivity contribution < 1.29 is 9.90 Å². The fourth-order valence-corrected chi connectivity index (χ4v) is 1.47. The van der Waals surface area contributed by atoms with Gasteiger partial charge in [-0.05, 0) is 18.2 Å². The van der Waals surface area contributed by atoms with E-state index in [0.717, 1.165) is 0 Å². The normalized spacial score (nSPS) is 10.1. The van der Waals surface area contributed by atoms with Crippen molar-refractivity contribution in [1.29, 1.82) is 0 Å². The molecule has 2 aromatic rings. The number of benzene rings is 1. The van der Waals surface area contributed by atoms with Crippen molar-refractivity contribution in [2.45, 2.75) is 0 Å². The van der Waals surface area contributed by atoms with E-state index in [1.54, 1.807) is 0 Å². The maximum Gasteiger partial charge on any atom is 0.259 e. The number of hydrogen-bond acceptors (Lipinski definition) is 5. The first kappa shape index (κ1) is 12.1. The highest BCUT2D eigenvalue weighted by atomic mass is 35.5. The quantitative estimate of drug-likeness (QED) is 0.435. The van der Waals surface area contributed by atoms with Crippen molar-refractivity contribution in [2.75, 3.05) is 11.1 Å². The monoisotopic (exact) mass is 264 g/mol. The van der Waals surface area contributed by atoms with E-state index >= 15 is 0 Å². The first-order valence-corrected chi connectivity index (χ1v) is 5.31. The van der Waals surface area contributed by atoms with Crippen LogP contribution in [0.4, 0.5) is 11.5 Å². The van der Waals surface area contributed by atoms with Gasteiger partial charge in [-0.1, -0.05) is 11.6 Å². The van der Waals surface area contributed by atoms with Crippen LogP contribution in [-0.4, -0.2) is 21.0 Å². The van der Waals surface area contributed by atoms with Gasteiger partial charge in [-0.15, -0.1) is 0 Å². The number of nitrogen functional groups attached to an aromatic ring is 1. The molecule has 0 unspecified atom stereocenters. The van der Waals surface area contributed by atoms with Crippen molar-refractivity contribution in [2.24, 2.45) is 0 Å². The molecule has 4 N–H and O–H groups in total. The molecule has 1 heterocycles. The van der Waals surface area contributed by atoms with Gasteiger partial charge < -0.3 is 16.2 Å². The molecule has 0 fully saturated rings. The Bertz CT molecular complexity index is 603. The van der Waals surface area contributed by atoms with E-state index in [1.807, 2.05) is 0 Å². The lowest BCUT2D eigenvalue weighted by atomic mass is 10.1. The van der Waals surface area contributed by atoms with Gasteiger partial charge in [0.05, 0.1) is 5.56 Å².